The SMILES string of the molecule is CCN(CC)C(=O)N1CCc2cc(S(=O)(=O)N3C(=O)C(NCCC4CCNCC4)(c4ccccc4Cl)c4c3ccc(Cl)c4OC(=O)C(F)(F)F)ccc21. The molecule has 11 nitrogen and oxygen atoms in total. The van der Waals surface area contributed by atoms with Crippen molar-refractivity contribution in [1.82, 2.24) is 15.5 Å². The molecule has 3 aromatic rings. The number of fused-ring (bicyclic) bond motifs is 2. The van der Waals surface area contributed by atoms with Crippen molar-refractivity contribution < 1.29 is 40.7 Å². The summed E-state index contributed by atoms with van der Waals surface area (Å²) in [5.41, 5.74) is -1.98. The van der Waals surface area contributed by atoms with Crippen molar-refractivity contribution in [2.45, 2.75) is 56.1 Å². The van der Waals surface area contributed by atoms with E-state index in [-0.39, 0.29) is 39.7 Å². The Kier molecular flexibility index (Phi) is 11.1. The van der Waals surface area contributed by atoms with E-state index in [0.717, 1.165) is 32.0 Å². The van der Waals surface area contributed by atoms with Crippen LogP contribution >= 0.6 is 23.2 Å². The van der Waals surface area contributed by atoms with E-state index in [4.69, 9.17) is 27.9 Å². The molecule has 0 spiro atoms. The van der Waals surface area contributed by atoms with Gasteiger partial charge in [0, 0.05) is 35.9 Å². The van der Waals surface area contributed by atoms with Gasteiger partial charge >= 0.3 is 18.2 Å². The topological polar surface area (TPSA) is 128 Å². The highest BCUT2D eigenvalue weighted by Crippen LogP contribution is 2.54. The van der Waals surface area contributed by atoms with Crippen LogP contribution in [-0.2, 0) is 31.6 Å². The minimum absolute atomic E-state index is 0.0102. The van der Waals surface area contributed by atoms with Crippen molar-refractivity contribution in [3.05, 3.63) is 81.3 Å². The normalized spacial score (nSPS) is 19.0. The molecule has 0 saturated carbocycles. The number of alkyl halides is 3. The van der Waals surface area contributed by atoms with Gasteiger partial charge < -0.3 is 15.0 Å². The Labute approximate surface area is 315 Å². The average molecular weight is 797 g/mol. The summed E-state index contributed by atoms with van der Waals surface area (Å²) in [6.45, 7) is 6.64. The fourth-order valence-electron chi connectivity index (χ4n) is 7.35. The Morgan fingerprint density at radius 2 is 1.70 bits per heavy atom. The number of sulfonamides is 1. The number of nitrogens with one attached hydrogen (secondary N) is 2. The number of hydrogen-bond acceptors (Lipinski definition) is 8. The lowest BCUT2D eigenvalue weighted by molar-refractivity contribution is -0.189. The van der Waals surface area contributed by atoms with Crippen LogP contribution in [0, 0.1) is 5.92 Å². The number of hydrogen-bond donors (Lipinski definition) is 2. The number of urea groups is 1. The van der Waals surface area contributed by atoms with Crippen LogP contribution in [0.3, 0.4) is 0 Å². The van der Waals surface area contributed by atoms with Gasteiger partial charge in [-0.15, -0.1) is 0 Å². The molecule has 284 valence electrons. The fourth-order valence-corrected chi connectivity index (χ4v) is 9.33. The molecule has 1 fully saturated rings. The second-order valence-corrected chi connectivity index (χ2v) is 15.6. The van der Waals surface area contributed by atoms with E-state index in [9.17, 15) is 31.2 Å². The first-order valence-corrected chi connectivity index (χ1v) is 19.5. The molecule has 53 heavy (non-hydrogen) atoms. The van der Waals surface area contributed by atoms with Gasteiger partial charge in [0.25, 0.3) is 15.9 Å². The van der Waals surface area contributed by atoms with E-state index in [0.29, 0.717) is 48.0 Å². The van der Waals surface area contributed by atoms with Crippen LogP contribution < -0.4 is 24.6 Å². The van der Waals surface area contributed by atoms with E-state index in [1.807, 2.05) is 13.8 Å². The molecule has 3 aliphatic heterocycles. The molecular weight excluding hydrogens is 758 g/mol. The van der Waals surface area contributed by atoms with Crippen LogP contribution in [0.1, 0.15) is 49.8 Å². The maximum atomic E-state index is 15.2. The van der Waals surface area contributed by atoms with Crippen LogP contribution in [-0.4, -0.2) is 76.7 Å². The minimum atomic E-state index is -5.46. The molecule has 3 heterocycles. The number of ether oxygens (including phenoxy) is 1. The van der Waals surface area contributed by atoms with E-state index < -0.39 is 50.0 Å². The second-order valence-electron chi connectivity index (χ2n) is 13.0. The summed E-state index contributed by atoms with van der Waals surface area (Å²) in [5, 5.41) is 5.98. The van der Waals surface area contributed by atoms with Gasteiger partial charge in [-0.2, -0.15) is 13.2 Å². The lowest BCUT2D eigenvalue weighted by Gasteiger charge is -2.33. The molecule has 3 aromatic carbocycles. The first-order chi connectivity index (χ1) is 25.2. The third kappa shape index (κ3) is 6.97. The highest BCUT2D eigenvalue weighted by molar-refractivity contribution is 7.93. The van der Waals surface area contributed by atoms with Crippen LogP contribution in [0.25, 0.3) is 0 Å². The number of benzene rings is 3. The van der Waals surface area contributed by atoms with Gasteiger partial charge in [0.05, 0.1) is 21.2 Å². The first kappa shape index (κ1) is 38.8. The molecule has 1 unspecified atom stereocenters. The number of piperidine rings is 1. The first-order valence-electron chi connectivity index (χ1n) is 17.3. The standard InChI is InChI=1S/C36H38Cl2F3N5O6S/c1-3-44(4-2)34(49)45-20-16-23-21-24(9-11-28(23)45)53(50,51)46-29-12-10-27(38)31(52-33(48)36(39,40)41)30(29)35(32(46)47,25-7-5-6-8-26(25)37)43-19-15-22-13-17-42-18-14-22/h5-12,21-22,42-43H,3-4,13-20H2,1-2H3. The van der Waals surface area contributed by atoms with Crippen LogP contribution in [0.5, 0.6) is 5.75 Å². The maximum Gasteiger partial charge on any atom is 0.491 e. The predicted molar refractivity (Wildman–Crippen MR) is 194 cm³/mol. The molecule has 0 bridgehead atoms. The quantitative estimate of drug-likeness (QED) is 0.182. The number of carbonyl (C=O) groups is 3. The van der Waals surface area contributed by atoms with E-state index in [1.54, 1.807) is 21.9 Å². The van der Waals surface area contributed by atoms with Crippen molar-refractivity contribution in [3.8, 4) is 5.75 Å². The van der Waals surface area contributed by atoms with Crippen molar-refractivity contribution >= 4 is 62.5 Å². The molecule has 17 heteroatoms. The largest absolute Gasteiger partial charge is 0.491 e. The fraction of sp³-hybridized carbons (Fsp3) is 0.417. The third-order valence-electron chi connectivity index (χ3n) is 10.0. The van der Waals surface area contributed by atoms with Gasteiger partial charge in [-0.3, -0.25) is 15.0 Å². The molecule has 1 atom stereocenters. The second kappa shape index (κ2) is 15.1. The Bertz CT molecular complexity index is 2040. The number of rotatable bonds is 10. The maximum absolute atomic E-state index is 15.2. The Balaban J connectivity index is 1.52. The van der Waals surface area contributed by atoms with Crippen LogP contribution in [0.15, 0.2) is 59.5 Å². The minimum Gasteiger partial charge on any atom is -0.418 e. The number of esters is 1. The number of nitrogens with zero attached hydrogens (tertiary/aromatic N) is 3. The highest BCUT2D eigenvalue weighted by Gasteiger charge is 2.59. The summed E-state index contributed by atoms with van der Waals surface area (Å²) in [5.74, 6) is -4.35. The lowest BCUT2D eigenvalue weighted by atomic mass is 9.82. The van der Waals surface area contributed by atoms with Crippen LogP contribution in [0.2, 0.25) is 10.0 Å². The smallest absolute Gasteiger partial charge is 0.418 e. The van der Waals surface area contributed by atoms with E-state index in [2.05, 4.69) is 10.6 Å². The Morgan fingerprint density at radius 3 is 2.36 bits per heavy atom. The van der Waals surface area contributed by atoms with Crippen molar-refractivity contribution in [1.29, 1.82) is 0 Å². The summed E-state index contributed by atoms with van der Waals surface area (Å²) in [6.07, 6.45) is -2.92. The predicted octanol–water partition coefficient (Wildman–Crippen LogP) is 6.24. The summed E-state index contributed by atoms with van der Waals surface area (Å²) < 4.78 is 76.0. The van der Waals surface area contributed by atoms with Gasteiger partial charge in [0.2, 0.25) is 0 Å². The van der Waals surface area contributed by atoms with Gasteiger partial charge in [-0.05, 0) is 107 Å². The summed E-state index contributed by atoms with van der Waals surface area (Å²) >= 11 is 13.2. The van der Waals surface area contributed by atoms with E-state index >= 15 is 4.79 Å². The summed E-state index contributed by atoms with van der Waals surface area (Å²) in [7, 11) is -4.84. The molecule has 2 N–H and O–H groups in total. The monoisotopic (exact) mass is 795 g/mol. The van der Waals surface area contributed by atoms with Crippen LogP contribution in [0.4, 0.5) is 29.3 Å². The molecule has 6 rings (SSSR count). The van der Waals surface area contributed by atoms with Crippen molar-refractivity contribution in [2.24, 2.45) is 5.92 Å². The van der Waals surface area contributed by atoms with Crippen molar-refractivity contribution in [3.63, 3.8) is 0 Å². The zero-order chi connectivity index (χ0) is 38.3. The molecule has 1 saturated heterocycles. The van der Waals surface area contributed by atoms with E-state index in [1.165, 1.54) is 36.4 Å². The van der Waals surface area contributed by atoms with Gasteiger partial charge in [0.15, 0.2) is 11.3 Å². The molecule has 3 amide bonds. The highest BCUT2D eigenvalue weighted by atomic mass is 35.5. The van der Waals surface area contributed by atoms with Gasteiger partial charge in [-0.25, -0.2) is 22.3 Å². The Morgan fingerprint density at radius 1 is 1.02 bits per heavy atom. The number of carbonyl (C=O) groups excluding carboxylic acids is 3. The third-order valence-corrected chi connectivity index (χ3v) is 12.4. The van der Waals surface area contributed by atoms with Gasteiger partial charge in [-0.1, -0.05) is 41.4 Å². The zero-order valence-corrected chi connectivity index (χ0v) is 31.3. The molecular formula is C36H38Cl2F3N5O6S. The molecule has 0 aromatic heterocycles. The molecule has 0 aliphatic carbocycles. The molecule has 3 aliphatic rings. The molecule has 0 radical (unpaired) electrons. The number of halogens is 5. The number of amides is 3. The summed E-state index contributed by atoms with van der Waals surface area (Å²) in [4.78, 5) is 43.6. The van der Waals surface area contributed by atoms with Crippen molar-refractivity contribution in [2.75, 3.05) is 48.5 Å². The summed E-state index contributed by atoms with van der Waals surface area (Å²) in [6, 6.07) is 12.2. The van der Waals surface area contributed by atoms with Gasteiger partial charge in [0.1, 0.15) is 0 Å². The zero-order valence-electron chi connectivity index (χ0n) is 28.9. The average Bonchev–Trinajstić information content (AvgIpc) is 3.67. The lowest BCUT2D eigenvalue weighted by Crippen LogP contribution is -2.53. The Hall–Kier alpha value is -3.89. The number of anilines is 2.